The summed E-state index contributed by atoms with van der Waals surface area (Å²) in [5, 5.41) is 9.96. The summed E-state index contributed by atoms with van der Waals surface area (Å²) >= 11 is 0. The van der Waals surface area contributed by atoms with Crippen LogP contribution in [-0.2, 0) is 6.54 Å². The van der Waals surface area contributed by atoms with Crippen molar-refractivity contribution < 1.29 is 14.6 Å². The minimum absolute atomic E-state index is 0.636. The fourth-order valence-corrected chi connectivity index (χ4v) is 2.26. The molecular formula is C16H27NO3. The molecule has 1 aromatic carbocycles. The van der Waals surface area contributed by atoms with Crippen molar-refractivity contribution in [3.8, 4) is 11.5 Å². The number of hydrogen-bond donors (Lipinski definition) is 1. The van der Waals surface area contributed by atoms with Crippen LogP contribution in [0.5, 0.6) is 11.5 Å². The molecule has 0 radical (unpaired) electrons. The second kappa shape index (κ2) is 6.95. The third kappa shape index (κ3) is 4.69. The fourth-order valence-electron chi connectivity index (χ4n) is 2.26. The first-order chi connectivity index (χ1) is 9.30. The number of methoxy groups -OCH3 is 2. The summed E-state index contributed by atoms with van der Waals surface area (Å²) in [6.45, 7) is 10.1. The van der Waals surface area contributed by atoms with Gasteiger partial charge in [0, 0.05) is 13.1 Å². The first-order valence-electron chi connectivity index (χ1n) is 6.97. The molecule has 0 unspecified atom stereocenters. The number of aryl methyl sites for hydroxylation is 1. The molecule has 4 nitrogen and oxygen atoms in total. The Morgan fingerprint density at radius 1 is 1.15 bits per heavy atom. The molecule has 0 aliphatic carbocycles. The predicted octanol–water partition coefficient (Wildman–Crippen LogP) is 2.61. The van der Waals surface area contributed by atoms with Crippen LogP contribution in [-0.4, -0.2) is 42.9 Å². The minimum Gasteiger partial charge on any atom is -0.493 e. The Labute approximate surface area is 122 Å². The van der Waals surface area contributed by atoms with Gasteiger partial charge in [0.1, 0.15) is 0 Å². The number of benzene rings is 1. The van der Waals surface area contributed by atoms with Crippen LogP contribution in [0.1, 0.15) is 31.9 Å². The first-order valence-corrected chi connectivity index (χ1v) is 6.97. The van der Waals surface area contributed by atoms with Crippen molar-refractivity contribution in [2.24, 2.45) is 0 Å². The van der Waals surface area contributed by atoms with E-state index in [2.05, 4.69) is 18.7 Å². The summed E-state index contributed by atoms with van der Waals surface area (Å²) in [5.74, 6) is 1.49. The van der Waals surface area contributed by atoms with Crippen LogP contribution < -0.4 is 9.47 Å². The molecule has 0 aliphatic rings. The van der Waals surface area contributed by atoms with Crippen LogP contribution >= 0.6 is 0 Å². The molecule has 114 valence electrons. The van der Waals surface area contributed by atoms with Crippen molar-refractivity contribution in [1.29, 1.82) is 0 Å². The van der Waals surface area contributed by atoms with Crippen LogP contribution in [0, 0.1) is 6.92 Å². The topological polar surface area (TPSA) is 41.9 Å². The standard InChI is InChI=1S/C16H27NO3/c1-7-17(11-16(3,4)18)10-13-9-15(20-6)14(19-5)8-12(13)2/h8-9,18H,7,10-11H2,1-6H3. The van der Waals surface area contributed by atoms with Gasteiger partial charge in [-0.25, -0.2) is 0 Å². The molecular weight excluding hydrogens is 254 g/mol. The molecule has 0 spiro atoms. The summed E-state index contributed by atoms with van der Waals surface area (Å²) in [6.07, 6.45) is 0. The van der Waals surface area contributed by atoms with E-state index in [1.165, 1.54) is 5.56 Å². The number of ether oxygens (including phenoxy) is 2. The van der Waals surface area contributed by atoms with Crippen LogP contribution in [0.15, 0.2) is 12.1 Å². The maximum Gasteiger partial charge on any atom is 0.161 e. The highest BCUT2D eigenvalue weighted by Crippen LogP contribution is 2.30. The van der Waals surface area contributed by atoms with Gasteiger partial charge in [-0.1, -0.05) is 6.92 Å². The van der Waals surface area contributed by atoms with Crippen LogP contribution in [0.3, 0.4) is 0 Å². The zero-order valence-electron chi connectivity index (χ0n) is 13.5. The molecule has 0 heterocycles. The largest absolute Gasteiger partial charge is 0.493 e. The average Bonchev–Trinajstić information content (AvgIpc) is 2.37. The molecule has 1 N–H and O–H groups in total. The lowest BCUT2D eigenvalue weighted by atomic mass is 10.1. The Hall–Kier alpha value is -1.26. The van der Waals surface area contributed by atoms with Gasteiger partial charge in [0.05, 0.1) is 19.8 Å². The maximum atomic E-state index is 9.96. The Morgan fingerprint density at radius 2 is 1.70 bits per heavy atom. The van der Waals surface area contributed by atoms with E-state index in [1.807, 2.05) is 26.0 Å². The van der Waals surface area contributed by atoms with Gasteiger partial charge >= 0.3 is 0 Å². The fraction of sp³-hybridized carbons (Fsp3) is 0.625. The molecule has 0 saturated carbocycles. The van der Waals surface area contributed by atoms with Gasteiger partial charge in [-0.2, -0.15) is 0 Å². The van der Waals surface area contributed by atoms with E-state index < -0.39 is 5.60 Å². The van der Waals surface area contributed by atoms with Crippen molar-refractivity contribution in [1.82, 2.24) is 4.90 Å². The van der Waals surface area contributed by atoms with Gasteiger partial charge in [0.2, 0.25) is 0 Å². The Morgan fingerprint density at radius 3 is 2.15 bits per heavy atom. The van der Waals surface area contributed by atoms with E-state index in [0.29, 0.717) is 6.54 Å². The number of nitrogens with zero attached hydrogens (tertiary/aromatic N) is 1. The Bertz CT molecular complexity index is 438. The SMILES string of the molecule is CCN(Cc1cc(OC)c(OC)cc1C)CC(C)(C)O. The van der Waals surface area contributed by atoms with Crippen LogP contribution in [0.2, 0.25) is 0 Å². The second-order valence-electron chi connectivity index (χ2n) is 5.75. The van der Waals surface area contributed by atoms with Crippen molar-refractivity contribution >= 4 is 0 Å². The average molecular weight is 281 g/mol. The third-order valence-corrected chi connectivity index (χ3v) is 3.29. The Kier molecular flexibility index (Phi) is 5.84. The van der Waals surface area contributed by atoms with Crippen molar-refractivity contribution in [2.75, 3.05) is 27.3 Å². The molecule has 0 saturated heterocycles. The number of rotatable bonds is 7. The van der Waals surface area contributed by atoms with Gasteiger partial charge < -0.3 is 14.6 Å². The highest BCUT2D eigenvalue weighted by Gasteiger charge is 2.18. The predicted molar refractivity (Wildman–Crippen MR) is 81.5 cm³/mol. The monoisotopic (exact) mass is 281 g/mol. The molecule has 4 heteroatoms. The van der Waals surface area contributed by atoms with Gasteiger partial charge in [-0.15, -0.1) is 0 Å². The van der Waals surface area contributed by atoms with Crippen molar-refractivity contribution in [3.05, 3.63) is 23.3 Å². The quantitative estimate of drug-likeness (QED) is 0.834. The third-order valence-electron chi connectivity index (χ3n) is 3.29. The lowest BCUT2D eigenvalue weighted by molar-refractivity contribution is 0.0352. The minimum atomic E-state index is -0.694. The van der Waals surface area contributed by atoms with Gasteiger partial charge in [-0.05, 0) is 50.6 Å². The van der Waals surface area contributed by atoms with Gasteiger partial charge in [0.15, 0.2) is 11.5 Å². The summed E-state index contributed by atoms with van der Waals surface area (Å²) in [7, 11) is 3.29. The van der Waals surface area contributed by atoms with E-state index in [9.17, 15) is 5.11 Å². The van der Waals surface area contributed by atoms with E-state index in [-0.39, 0.29) is 0 Å². The van der Waals surface area contributed by atoms with Crippen LogP contribution in [0.4, 0.5) is 0 Å². The molecule has 0 aromatic heterocycles. The molecule has 0 bridgehead atoms. The summed E-state index contributed by atoms with van der Waals surface area (Å²) in [6, 6.07) is 4.01. The molecule has 20 heavy (non-hydrogen) atoms. The van der Waals surface area contributed by atoms with Crippen molar-refractivity contribution in [2.45, 2.75) is 39.8 Å². The normalized spacial score (nSPS) is 11.8. The van der Waals surface area contributed by atoms with Crippen molar-refractivity contribution in [3.63, 3.8) is 0 Å². The molecule has 0 fully saturated rings. The van der Waals surface area contributed by atoms with E-state index in [1.54, 1.807) is 14.2 Å². The highest BCUT2D eigenvalue weighted by molar-refractivity contribution is 5.47. The van der Waals surface area contributed by atoms with E-state index in [0.717, 1.165) is 30.2 Å². The van der Waals surface area contributed by atoms with Gasteiger partial charge in [0.25, 0.3) is 0 Å². The summed E-state index contributed by atoms with van der Waals surface area (Å²) < 4.78 is 10.7. The molecule has 0 amide bonds. The summed E-state index contributed by atoms with van der Waals surface area (Å²) in [5.41, 5.74) is 1.66. The molecule has 0 aliphatic heterocycles. The molecule has 1 rings (SSSR count). The maximum absolute atomic E-state index is 9.96. The smallest absolute Gasteiger partial charge is 0.161 e. The number of likely N-dealkylation sites (N-methyl/N-ethyl adjacent to an activating group) is 1. The lowest BCUT2D eigenvalue weighted by Gasteiger charge is -2.28. The Balaban J connectivity index is 2.95. The lowest BCUT2D eigenvalue weighted by Crippen LogP contribution is -2.38. The molecule has 0 atom stereocenters. The molecule has 1 aromatic rings. The first kappa shape index (κ1) is 16.8. The summed E-state index contributed by atoms with van der Waals surface area (Å²) in [4.78, 5) is 2.22. The number of hydrogen-bond acceptors (Lipinski definition) is 4. The second-order valence-corrected chi connectivity index (χ2v) is 5.75. The van der Waals surface area contributed by atoms with Crippen LogP contribution in [0.25, 0.3) is 0 Å². The zero-order chi connectivity index (χ0) is 15.3. The van der Waals surface area contributed by atoms with Gasteiger partial charge in [-0.3, -0.25) is 4.90 Å². The number of aliphatic hydroxyl groups is 1. The van der Waals surface area contributed by atoms with E-state index in [4.69, 9.17) is 9.47 Å². The van der Waals surface area contributed by atoms with E-state index >= 15 is 0 Å². The zero-order valence-corrected chi connectivity index (χ0v) is 13.5. The highest BCUT2D eigenvalue weighted by atomic mass is 16.5.